The largest absolute Gasteiger partial charge is 0.388 e. The second-order valence-electron chi connectivity index (χ2n) is 3.96. The number of hydrogen-bond donors (Lipinski definition) is 3. The van der Waals surface area contributed by atoms with Crippen LogP contribution in [0.15, 0.2) is 33.7 Å². The second kappa shape index (κ2) is 6.83. The molecule has 0 radical (unpaired) electrons. The van der Waals surface area contributed by atoms with Crippen molar-refractivity contribution in [3.05, 3.63) is 34.7 Å². The Balaban J connectivity index is 1.71. The molecule has 2 rings (SSSR count). The maximum atomic E-state index is 11.5. The van der Waals surface area contributed by atoms with Crippen LogP contribution in [0.25, 0.3) is 0 Å². The van der Waals surface area contributed by atoms with Crippen molar-refractivity contribution in [2.24, 2.45) is 0 Å². The smallest absolute Gasteiger partial charge is 0.314 e. The lowest BCUT2D eigenvalue weighted by Gasteiger charge is -2.09. The Morgan fingerprint density at radius 3 is 2.90 bits per heavy atom. The van der Waals surface area contributed by atoms with E-state index < -0.39 is 17.9 Å². The maximum absolute atomic E-state index is 11.5. The summed E-state index contributed by atoms with van der Waals surface area (Å²) in [6.07, 6.45) is 0.963. The van der Waals surface area contributed by atoms with Crippen LogP contribution in [0.3, 0.4) is 0 Å². The fourth-order valence-electron chi connectivity index (χ4n) is 1.48. The number of aliphatic hydroxyl groups excluding tert-OH is 1. The molecule has 0 aliphatic carbocycles. The molecule has 2 aromatic rings. The molecule has 106 valence electrons. The van der Waals surface area contributed by atoms with Gasteiger partial charge in [0.1, 0.15) is 6.26 Å². The van der Waals surface area contributed by atoms with E-state index >= 15 is 0 Å². The lowest BCUT2D eigenvalue weighted by Crippen LogP contribution is -2.36. The zero-order valence-electron chi connectivity index (χ0n) is 10.4. The summed E-state index contributed by atoms with van der Waals surface area (Å²) < 4.78 is 4.52. The van der Waals surface area contributed by atoms with Crippen molar-refractivity contribution >= 4 is 29.0 Å². The van der Waals surface area contributed by atoms with E-state index in [1.807, 2.05) is 16.8 Å². The molecule has 0 spiro atoms. The molecule has 0 aliphatic rings. The van der Waals surface area contributed by atoms with Gasteiger partial charge in [-0.1, -0.05) is 5.16 Å². The van der Waals surface area contributed by atoms with Crippen molar-refractivity contribution in [2.75, 3.05) is 11.9 Å². The highest BCUT2D eigenvalue weighted by Crippen LogP contribution is 2.18. The van der Waals surface area contributed by atoms with Gasteiger partial charge in [-0.3, -0.25) is 14.9 Å². The zero-order chi connectivity index (χ0) is 14.4. The van der Waals surface area contributed by atoms with Gasteiger partial charge in [0, 0.05) is 12.6 Å². The van der Waals surface area contributed by atoms with Crippen LogP contribution in [-0.2, 0) is 9.59 Å². The molecule has 0 unspecified atom stereocenters. The predicted octanol–water partition coefficient (Wildman–Crippen LogP) is 0.915. The molecule has 0 bridgehead atoms. The maximum Gasteiger partial charge on any atom is 0.314 e. The average molecular weight is 295 g/mol. The van der Waals surface area contributed by atoms with Crippen LogP contribution in [0.1, 0.15) is 18.1 Å². The highest BCUT2D eigenvalue weighted by molar-refractivity contribution is 7.07. The Morgan fingerprint density at radius 1 is 1.40 bits per heavy atom. The Morgan fingerprint density at radius 2 is 2.25 bits per heavy atom. The van der Waals surface area contributed by atoms with Crippen LogP contribution in [0, 0.1) is 0 Å². The fourth-order valence-corrected chi connectivity index (χ4v) is 2.19. The molecule has 0 saturated carbocycles. The SMILES string of the molecule is O=C(NCC[C@@H](O)c1ccsc1)C(=O)Nc1ccon1. The van der Waals surface area contributed by atoms with E-state index in [-0.39, 0.29) is 12.4 Å². The van der Waals surface area contributed by atoms with Gasteiger partial charge in [-0.25, -0.2) is 0 Å². The van der Waals surface area contributed by atoms with E-state index in [4.69, 9.17) is 0 Å². The van der Waals surface area contributed by atoms with Crippen molar-refractivity contribution in [3.8, 4) is 0 Å². The van der Waals surface area contributed by atoms with E-state index in [1.54, 1.807) is 0 Å². The van der Waals surface area contributed by atoms with Gasteiger partial charge >= 0.3 is 11.8 Å². The van der Waals surface area contributed by atoms with E-state index in [1.165, 1.54) is 23.7 Å². The molecule has 1 atom stereocenters. The van der Waals surface area contributed by atoms with Crippen LogP contribution in [-0.4, -0.2) is 28.6 Å². The number of thiophene rings is 1. The van der Waals surface area contributed by atoms with Crippen LogP contribution in [0.2, 0.25) is 0 Å². The lowest BCUT2D eigenvalue weighted by atomic mass is 10.1. The molecular weight excluding hydrogens is 282 g/mol. The van der Waals surface area contributed by atoms with Gasteiger partial charge in [0.15, 0.2) is 5.82 Å². The molecule has 2 amide bonds. The molecule has 0 fully saturated rings. The number of rotatable bonds is 5. The number of amides is 2. The molecule has 0 aromatic carbocycles. The topological polar surface area (TPSA) is 104 Å². The summed E-state index contributed by atoms with van der Waals surface area (Å²) in [5, 5.41) is 21.6. The fraction of sp³-hybridized carbons (Fsp3) is 0.250. The minimum atomic E-state index is -0.830. The number of hydrogen-bond acceptors (Lipinski definition) is 6. The van der Waals surface area contributed by atoms with Gasteiger partial charge in [0.05, 0.1) is 6.10 Å². The Hall–Kier alpha value is -2.19. The molecular formula is C12H13N3O4S. The number of aromatic nitrogens is 1. The van der Waals surface area contributed by atoms with Crippen molar-refractivity contribution in [3.63, 3.8) is 0 Å². The summed E-state index contributed by atoms with van der Waals surface area (Å²) in [5.74, 6) is -1.45. The predicted molar refractivity (Wildman–Crippen MR) is 72.0 cm³/mol. The summed E-state index contributed by atoms with van der Waals surface area (Å²) in [7, 11) is 0. The number of nitrogens with one attached hydrogen (secondary N) is 2. The molecule has 3 N–H and O–H groups in total. The molecule has 7 nitrogen and oxygen atoms in total. The van der Waals surface area contributed by atoms with E-state index in [2.05, 4.69) is 20.3 Å². The third-order valence-corrected chi connectivity index (χ3v) is 3.22. The first-order valence-corrected chi connectivity index (χ1v) is 6.81. The van der Waals surface area contributed by atoms with E-state index in [9.17, 15) is 14.7 Å². The number of carbonyl (C=O) groups excluding carboxylic acids is 2. The van der Waals surface area contributed by atoms with Crippen molar-refractivity contribution < 1.29 is 19.2 Å². The van der Waals surface area contributed by atoms with Gasteiger partial charge in [-0.05, 0) is 28.8 Å². The molecule has 0 saturated heterocycles. The number of aliphatic hydroxyl groups is 1. The second-order valence-corrected chi connectivity index (χ2v) is 4.74. The summed E-state index contributed by atoms with van der Waals surface area (Å²) in [6.45, 7) is 0.197. The first kappa shape index (κ1) is 14.2. The summed E-state index contributed by atoms with van der Waals surface area (Å²) >= 11 is 1.49. The first-order chi connectivity index (χ1) is 9.66. The van der Waals surface area contributed by atoms with Gasteiger partial charge < -0.3 is 14.9 Å². The third kappa shape index (κ3) is 3.90. The van der Waals surface area contributed by atoms with Crippen LogP contribution in [0.5, 0.6) is 0 Å². The first-order valence-electron chi connectivity index (χ1n) is 5.86. The van der Waals surface area contributed by atoms with Gasteiger partial charge in [-0.2, -0.15) is 11.3 Å². The van der Waals surface area contributed by atoms with Crippen LogP contribution in [0.4, 0.5) is 5.82 Å². The lowest BCUT2D eigenvalue weighted by molar-refractivity contribution is -0.136. The van der Waals surface area contributed by atoms with E-state index in [0.717, 1.165) is 5.56 Å². The van der Waals surface area contributed by atoms with Gasteiger partial charge in [0.2, 0.25) is 0 Å². The highest BCUT2D eigenvalue weighted by Gasteiger charge is 2.15. The standard InChI is InChI=1S/C12H13N3O4S/c16-9(8-3-6-20-7-8)1-4-13-11(17)12(18)14-10-2-5-19-15-10/h2-3,5-7,9,16H,1,4H2,(H,13,17)(H,14,15,18)/t9-/m1/s1. The average Bonchev–Trinajstić information content (AvgIpc) is 3.11. The number of carbonyl (C=O) groups is 2. The third-order valence-electron chi connectivity index (χ3n) is 2.52. The molecule has 2 aromatic heterocycles. The van der Waals surface area contributed by atoms with Crippen molar-refractivity contribution in [1.82, 2.24) is 10.5 Å². The Kier molecular flexibility index (Phi) is 4.85. The summed E-state index contributed by atoms with van der Waals surface area (Å²) in [4.78, 5) is 22.9. The van der Waals surface area contributed by atoms with Gasteiger partial charge in [-0.15, -0.1) is 0 Å². The zero-order valence-corrected chi connectivity index (χ0v) is 11.2. The molecule has 0 aliphatic heterocycles. The van der Waals surface area contributed by atoms with Crippen LogP contribution >= 0.6 is 11.3 Å². The Bertz CT molecular complexity index is 553. The van der Waals surface area contributed by atoms with Crippen molar-refractivity contribution in [1.29, 1.82) is 0 Å². The number of nitrogens with zero attached hydrogens (tertiary/aromatic N) is 1. The van der Waals surface area contributed by atoms with Crippen LogP contribution < -0.4 is 10.6 Å². The number of anilines is 1. The Labute approximate surface area is 118 Å². The highest BCUT2D eigenvalue weighted by atomic mass is 32.1. The molecule has 20 heavy (non-hydrogen) atoms. The van der Waals surface area contributed by atoms with Gasteiger partial charge in [0.25, 0.3) is 0 Å². The van der Waals surface area contributed by atoms with Crippen molar-refractivity contribution in [2.45, 2.75) is 12.5 Å². The van der Waals surface area contributed by atoms with E-state index in [0.29, 0.717) is 6.42 Å². The summed E-state index contributed by atoms with van der Waals surface area (Å²) in [6, 6.07) is 3.24. The minimum Gasteiger partial charge on any atom is -0.388 e. The minimum absolute atomic E-state index is 0.170. The molecule has 8 heteroatoms. The molecule has 2 heterocycles. The quantitative estimate of drug-likeness (QED) is 0.711. The normalized spacial score (nSPS) is 11.8. The summed E-state index contributed by atoms with van der Waals surface area (Å²) in [5.41, 5.74) is 0.802. The monoisotopic (exact) mass is 295 g/mol.